The molecular formula is C17H19N3O4S. The van der Waals surface area contributed by atoms with Crippen LogP contribution in [0.1, 0.15) is 26.5 Å². The van der Waals surface area contributed by atoms with Crippen LogP contribution in [-0.2, 0) is 29.0 Å². The predicted molar refractivity (Wildman–Crippen MR) is 93.7 cm³/mol. The van der Waals surface area contributed by atoms with Crippen molar-refractivity contribution in [3.8, 4) is 0 Å². The van der Waals surface area contributed by atoms with Crippen LogP contribution < -0.4 is 5.32 Å². The maximum atomic E-state index is 11.5. The van der Waals surface area contributed by atoms with E-state index in [-0.39, 0.29) is 5.97 Å². The molecule has 0 bridgehead atoms. The molecule has 1 aromatic carbocycles. The molecule has 0 aliphatic carbocycles. The predicted octanol–water partition coefficient (Wildman–Crippen LogP) is 2.67. The number of carbonyl (C=O) groups is 2. The molecule has 0 fully saturated rings. The van der Waals surface area contributed by atoms with Crippen LogP contribution in [0.2, 0.25) is 0 Å². The molecule has 2 heterocycles. The van der Waals surface area contributed by atoms with E-state index in [9.17, 15) is 9.59 Å². The van der Waals surface area contributed by atoms with Crippen LogP contribution >= 0.6 is 11.3 Å². The van der Waals surface area contributed by atoms with Gasteiger partial charge < -0.3 is 9.47 Å². The number of esters is 1. The molecule has 0 spiro atoms. The number of ether oxygens (including phenoxy) is 2. The molecule has 25 heavy (non-hydrogen) atoms. The van der Waals surface area contributed by atoms with E-state index in [0.717, 1.165) is 42.2 Å². The van der Waals surface area contributed by atoms with Gasteiger partial charge in [0, 0.05) is 30.9 Å². The van der Waals surface area contributed by atoms with Gasteiger partial charge in [-0.25, -0.2) is 14.6 Å². The molecule has 1 N–H and O–H groups in total. The van der Waals surface area contributed by atoms with E-state index in [1.54, 1.807) is 12.1 Å². The minimum atomic E-state index is -0.506. The molecule has 0 atom stereocenters. The zero-order valence-corrected chi connectivity index (χ0v) is 14.9. The number of methoxy groups -OCH3 is 2. The topological polar surface area (TPSA) is 80.8 Å². The van der Waals surface area contributed by atoms with Crippen molar-refractivity contribution in [1.29, 1.82) is 0 Å². The number of rotatable bonds is 4. The summed E-state index contributed by atoms with van der Waals surface area (Å²) < 4.78 is 9.30. The third kappa shape index (κ3) is 4.15. The number of nitrogens with zero attached hydrogens (tertiary/aromatic N) is 2. The van der Waals surface area contributed by atoms with Crippen LogP contribution in [0.5, 0.6) is 0 Å². The third-order valence-corrected chi connectivity index (χ3v) is 4.98. The minimum absolute atomic E-state index is 0.329. The summed E-state index contributed by atoms with van der Waals surface area (Å²) in [4.78, 5) is 30.7. The van der Waals surface area contributed by atoms with Crippen molar-refractivity contribution in [3.05, 3.63) is 46.0 Å². The van der Waals surface area contributed by atoms with Crippen LogP contribution in [-0.4, -0.2) is 42.7 Å². The molecule has 0 radical (unpaired) electrons. The Morgan fingerprint density at radius 2 is 2.00 bits per heavy atom. The highest BCUT2D eigenvalue weighted by Gasteiger charge is 2.21. The first-order valence-electron chi connectivity index (χ1n) is 7.82. The van der Waals surface area contributed by atoms with E-state index < -0.39 is 6.09 Å². The molecule has 0 saturated heterocycles. The van der Waals surface area contributed by atoms with E-state index in [0.29, 0.717) is 10.7 Å². The van der Waals surface area contributed by atoms with Crippen LogP contribution in [0.4, 0.5) is 9.93 Å². The van der Waals surface area contributed by atoms with Gasteiger partial charge in [-0.2, -0.15) is 0 Å². The Hall–Kier alpha value is -2.45. The van der Waals surface area contributed by atoms with Crippen molar-refractivity contribution in [2.45, 2.75) is 19.5 Å². The second kappa shape index (κ2) is 7.62. The smallest absolute Gasteiger partial charge is 0.413 e. The standard InChI is InChI=1S/C17H19N3O4S/c1-23-15(21)12-5-3-11(4-6-12)9-20-8-7-13-14(10-20)25-16(18-13)19-17(22)24-2/h3-6H,7-10H2,1-2H3,(H,18,19,22). The molecule has 7 nitrogen and oxygen atoms in total. The second-order valence-corrected chi connectivity index (χ2v) is 6.74. The van der Waals surface area contributed by atoms with Crippen LogP contribution in [0, 0.1) is 0 Å². The lowest BCUT2D eigenvalue weighted by Crippen LogP contribution is -2.29. The van der Waals surface area contributed by atoms with Crippen molar-refractivity contribution < 1.29 is 19.1 Å². The Labute approximate surface area is 149 Å². The number of hydrogen-bond donors (Lipinski definition) is 1. The van der Waals surface area contributed by atoms with Gasteiger partial charge in [-0.05, 0) is 17.7 Å². The quantitative estimate of drug-likeness (QED) is 0.844. The zero-order valence-electron chi connectivity index (χ0n) is 14.1. The molecule has 132 valence electrons. The van der Waals surface area contributed by atoms with E-state index in [4.69, 9.17) is 4.74 Å². The van der Waals surface area contributed by atoms with Gasteiger partial charge in [0.2, 0.25) is 0 Å². The van der Waals surface area contributed by atoms with E-state index in [2.05, 4.69) is 19.9 Å². The van der Waals surface area contributed by atoms with Gasteiger partial charge in [-0.3, -0.25) is 10.2 Å². The summed E-state index contributed by atoms with van der Waals surface area (Å²) in [6.45, 7) is 2.47. The Morgan fingerprint density at radius 3 is 2.68 bits per heavy atom. The molecule has 3 rings (SSSR count). The van der Waals surface area contributed by atoms with Gasteiger partial charge in [0.05, 0.1) is 25.5 Å². The molecule has 1 aliphatic heterocycles. The normalized spacial score (nSPS) is 13.8. The summed E-state index contributed by atoms with van der Waals surface area (Å²) in [6, 6.07) is 7.45. The number of hydrogen-bond acceptors (Lipinski definition) is 7. The number of carbonyl (C=O) groups excluding carboxylic acids is 2. The lowest BCUT2D eigenvalue weighted by Gasteiger charge is -2.25. The van der Waals surface area contributed by atoms with Gasteiger partial charge in [-0.1, -0.05) is 23.5 Å². The number of anilines is 1. The molecular weight excluding hydrogens is 342 g/mol. The number of fused-ring (bicyclic) bond motifs is 1. The van der Waals surface area contributed by atoms with Crippen LogP contribution in [0.15, 0.2) is 24.3 Å². The van der Waals surface area contributed by atoms with E-state index >= 15 is 0 Å². The van der Waals surface area contributed by atoms with Gasteiger partial charge >= 0.3 is 12.1 Å². The molecule has 1 aromatic heterocycles. The summed E-state index contributed by atoms with van der Waals surface area (Å²) in [7, 11) is 2.70. The molecule has 1 amide bonds. The number of nitrogens with one attached hydrogen (secondary N) is 1. The number of amides is 1. The highest BCUT2D eigenvalue weighted by molar-refractivity contribution is 7.15. The first-order chi connectivity index (χ1) is 12.1. The largest absolute Gasteiger partial charge is 0.465 e. The second-order valence-electron chi connectivity index (χ2n) is 5.65. The molecule has 0 unspecified atom stereocenters. The number of thiazole rings is 1. The van der Waals surface area contributed by atoms with Crippen molar-refractivity contribution in [2.75, 3.05) is 26.1 Å². The van der Waals surface area contributed by atoms with Gasteiger partial charge in [-0.15, -0.1) is 0 Å². The molecule has 2 aromatic rings. The maximum absolute atomic E-state index is 11.5. The van der Waals surface area contributed by atoms with Crippen molar-refractivity contribution in [3.63, 3.8) is 0 Å². The average Bonchev–Trinajstić information content (AvgIpc) is 3.03. The summed E-state index contributed by atoms with van der Waals surface area (Å²) in [5.74, 6) is -0.329. The summed E-state index contributed by atoms with van der Waals surface area (Å²) in [6.07, 6.45) is 0.336. The third-order valence-electron chi connectivity index (χ3n) is 3.99. The highest BCUT2D eigenvalue weighted by Crippen LogP contribution is 2.29. The molecule has 0 saturated carbocycles. The summed E-state index contributed by atoms with van der Waals surface area (Å²) in [5.41, 5.74) is 2.72. The fourth-order valence-corrected chi connectivity index (χ4v) is 3.73. The van der Waals surface area contributed by atoms with Gasteiger partial charge in [0.25, 0.3) is 0 Å². The molecule has 8 heteroatoms. The van der Waals surface area contributed by atoms with Crippen LogP contribution in [0.3, 0.4) is 0 Å². The first-order valence-corrected chi connectivity index (χ1v) is 8.64. The van der Waals surface area contributed by atoms with Crippen molar-refractivity contribution >= 4 is 28.5 Å². The fraction of sp³-hybridized carbons (Fsp3) is 0.353. The minimum Gasteiger partial charge on any atom is -0.465 e. The van der Waals surface area contributed by atoms with Gasteiger partial charge in [0.15, 0.2) is 5.13 Å². The maximum Gasteiger partial charge on any atom is 0.413 e. The Morgan fingerprint density at radius 1 is 1.24 bits per heavy atom. The Kier molecular flexibility index (Phi) is 5.30. The Balaban J connectivity index is 1.62. The van der Waals surface area contributed by atoms with Gasteiger partial charge in [0.1, 0.15) is 0 Å². The lowest BCUT2D eigenvalue weighted by atomic mass is 10.1. The number of aromatic nitrogens is 1. The van der Waals surface area contributed by atoms with Crippen molar-refractivity contribution in [2.24, 2.45) is 0 Å². The van der Waals surface area contributed by atoms with Crippen LogP contribution in [0.25, 0.3) is 0 Å². The average molecular weight is 361 g/mol. The summed E-state index contributed by atoms with van der Waals surface area (Å²) in [5, 5.41) is 3.19. The number of benzene rings is 1. The molecule has 1 aliphatic rings. The Bertz CT molecular complexity index is 773. The highest BCUT2D eigenvalue weighted by atomic mass is 32.1. The van der Waals surface area contributed by atoms with E-state index in [1.165, 1.54) is 25.6 Å². The zero-order chi connectivity index (χ0) is 17.8. The lowest BCUT2D eigenvalue weighted by molar-refractivity contribution is 0.0600. The fourth-order valence-electron chi connectivity index (χ4n) is 2.70. The van der Waals surface area contributed by atoms with Crippen molar-refractivity contribution in [1.82, 2.24) is 9.88 Å². The monoisotopic (exact) mass is 361 g/mol. The van der Waals surface area contributed by atoms with E-state index in [1.807, 2.05) is 12.1 Å². The SMILES string of the molecule is COC(=O)Nc1nc2c(s1)CN(Cc1ccc(C(=O)OC)cc1)CC2. The first kappa shape index (κ1) is 17.4. The summed E-state index contributed by atoms with van der Waals surface area (Å²) >= 11 is 1.48.